The Balaban J connectivity index is 1.64. The first-order valence-corrected chi connectivity index (χ1v) is 10.7. The molecule has 5 nitrogen and oxygen atoms in total. The second-order valence-corrected chi connectivity index (χ2v) is 7.84. The van der Waals surface area contributed by atoms with Gasteiger partial charge in [-0.25, -0.2) is 0 Å². The van der Waals surface area contributed by atoms with E-state index in [1.165, 1.54) is 11.3 Å². The Bertz CT molecular complexity index is 723. The molecule has 2 unspecified atom stereocenters. The maximum atomic E-state index is 6.14. The molecule has 2 atom stereocenters. The van der Waals surface area contributed by atoms with Gasteiger partial charge < -0.3 is 10.1 Å². The summed E-state index contributed by atoms with van der Waals surface area (Å²) in [5.41, 5.74) is 4.80. The summed E-state index contributed by atoms with van der Waals surface area (Å²) in [5.74, 6) is 0.459. The van der Waals surface area contributed by atoms with Crippen LogP contribution in [0.25, 0.3) is 5.57 Å². The molecule has 0 bridgehead atoms. The van der Waals surface area contributed by atoms with E-state index in [1.807, 2.05) is 18.5 Å². The zero-order chi connectivity index (χ0) is 19.8. The van der Waals surface area contributed by atoms with Crippen LogP contribution in [-0.4, -0.2) is 48.8 Å². The van der Waals surface area contributed by atoms with Crippen molar-refractivity contribution in [2.45, 2.75) is 65.1 Å². The fourth-order valence-corrected chi connectivity index (χ4v) is 3.97. The zero-order valence-corrected chi connectivity index (χ0v) is 17.5. The summed E-state index contributed by atoms with van der Waals surface area (Å²) in [6.45, 7) is 8.98. The summed E-state index contributed by atoms with van der Waals surface area (Å²) >= 11 is 0. The first-order valence-electron chi connectivity index (χ1n) is 10.7. The molecule has 1 aromatic rings. The first kappa shape index (κ1) is 20.7. The SMILES string of the molecule is CCC1C=C(c2ncccc2NCCN=C2CC=NCC2)CCC1OC(C)C. The molecule has 1 aliphatic heterocycles. The molecular formula is C23H34N4O. The standard InChI is InChI=1S/C23H34N4O/c1-4-18-16-19(7-8-22(18)28-17(2)3)23-21(6-5-11-27-23)26-15-14-25-20-9-12-24-13-10-20/h5-6,11-12,16-18,22,26H,4,7-10,13-15H2,1-3H3. The van der Waals surface area contributed by atoms with E-state index in [4.69, 9.17) is 14.7 Å². The Hall–Kier alpha value is -2.01. The van der Waals surface area contributed by atoms with Crippen LogP contribution in [0.1, 0.15) is 58.6 Å². The molecule has 0 fully saturated rings. The largest absolute Gasteiger partial charge is 0.381 e. The van der Waals surface area contributed by atoms with E-state index in [0.29, 0.717) is 12.0 Å². The fraction of sp³-hybridized carbons (Fsp3) is 0.609. The van der Waals surface area contributed by atoms with Gasteiger partial charge in [0.05, 0.1) is 30.1 Å². The van der Waals surface area contributed by atoms with E-state index in [9.17, 15) is 0 Å². The summed E-state index contributed by atoms with van der Waals surface area (Å²) < 4.78 is 6.14. The van der Waals surface area contributed by atoms with Gasteiger partial charge in [-0.1, -0.05) is 13.0 Å². The van der Waals surface area contributed by atoms with Crippen LogP contribution in [0.2, 0.25) is 0 Å². The van der Waals surface area contributed by atoms with Crippen molar-refractivity contribution in [2.75, 3.05) is 25.0 Å². The number of aromatic nitrogens is 1. The number of hydrogen-bond acceptors (Lipinski definition) is 5. The van der Waals surface area contributed by atoms with Crippen molar-refractivity contribution in [3.05, 3.63) is 30.1 Å². The molecule has 0 spiro atoms. The highest BCUT2D eigenvalue weighted by Crippen LogP contribution is 2.35. The molecule has 1 N–H and O–H groups in total. The van der Waals surface area contributed by atoms with Gasteiger partial charge in [-0.2, -0.15) is 0 Å². The predicted molar refractivity (Wildman–Crippen MR) is 119 cm³/mol. The lowest BCUT2D eigenvalue weighted by molar-refractivity contribution is -0.0221. The van der Waals surface area contributed by atoms with E-state index < -0.39 is 0 Å². The number of anilines is 1. The highest BCUT2D eigenvalue weighted by molar-refractivity contribution is 5.97. The normalized spacial score (nSPS) is 23.9. The molecule has 3 rings (SSSR count). The minimum absolute atomic E-state index is 0.276. The fourth-order valence-electron chi connectivity index (χ4n) is 3.97. The molecule has 2 aliphatic rings. The molecule has 152 valence electrons. The maximum absolute atomic E-state index is 6.14. The highest BCUT2D eigenvalue weighted by atomic mass is 16.5. The number of nitrogens with zero attached hydrogens (tertiary/aromatic N) is 3. The Morgan fingerprint density at radius 3 is 2.96 bits per heavy atom. The minimum Gasteiger partial charge on any atom is -0.381 e. The molecule has 1 aromatic heterocycles. The number of rotatable bonds is 8. The third-order valence-electron chi connectivity index (χ3n) is 5.37. The van der Waals surface area contributed by atoms with E-state index in [2.05, 4.69) is 43.2 Å². The van der Waals surface area contributed by atoms with Crippen LogP contribution in [0.3, 0.4) is 0 Å². The van der Waals surface area contributed by atoms with E-state index in [0.717, 1.165) is 63.1 Å². The van der Waals surface area contributed by atoms with Crippen molar-refractivity contribution < 1.29 is 4.74 Å². The lowest BCUT2D eigenvalue weighted by atomic mass is 9.84. The van der Waals surface area contributed by atoms with Gasteiger partial charge in [-0.15, -0.1) is 0 Å². The smallest absolute Gasteiger partial charge is 0.0889 e. The lowest BCUT2D eigenvalue weighted by Crippen LogP contribution is -2.28. The van der Waals surface area contributed by atoms with Crippen molar-refractivity contribution in [1.29, 1.82) is 0 Å². The Labute approximate surface area is 169 Å². The average molecular weight is 383 g/mol. The summed E-state index contributed by atoms with van der Waals surface area (Å²) in [5, 5.41) is 3.55. The third kappa shape index (κ3) is 5.74. The molecule has 0 saturated carbocycles. The van der Waals surface area contributed by atoms with Gasteiger partial charge in [0, 0.05) is 50.0 Å². The molecular weight excluding hydrogens is 348 g/mol. The Morgan fingerprint density at radius 2 is 2.21 bits per heavy atom. The van der Waals surface area contributed by atoms with Gasteiger partial charge in [0.25, 0.3) is 0 Å². The molecule has 0 amide bonds. The molecule has 1 aliphatic carbocycles. The second kappa shape index (κ2) is 10.5. The number of allylic oxidation sites excluding steroid dienone is 1. The number of hydrogen-bond donors (Lipinski definition) is 1. The van der Waals surface area contributed by atoms with E-state index in [-0.39, 0.29) is 6.10 Å². The van der Waals surface area contributed by atoms with Crippen LogP contribution < -0.4 is 5.32 Å². The molecule has 28 heavy (non-hydrogen) atoms. The summed E-state index contributed by atoms with van der Waals surface area (Å²) in [4.78, 5) is 13.7. The number of aliphatic imine (C=N–C) groups is 2. The monoisotopic (exact) mass is 382 g/mol. The van der Waals surface area contributed by atoms with Crippen LogP contribution in [0.5, 0.6) is 0 Å². The number of nitrogens with one attached hydrogen (secondary N) is 1. The predicted octanol–water partition coefficient (Wildman–Crippen LogP) is 4.80. The van der Waals surface area contributed by atoms with Crippen molar-refractivity contribution >= 4 is 23.2 Å². The van der Waals surface area contributed by atoms with Crippen LogP contribution in [0.15, 0.2) is 34.4 Å². The van der Waals surface area contributed by atoms with Crippen molar-refractivity contribution in [3.8, 4) is 0 Å². The van der Waals surface area contributed by atoms with Crippen LogP contribution >= 0.6 is 0 Å². The van der Waals surface area contributed by atoms with Crippen molar-refractivity contribution in [2.24, 2.45) is 15.9 Å². The summed E-state index contributed by atoms with van der Waals surface area (Å²) in [6, 6.07) is 4.13. The molecule has 0 aromatic carbocycles. The summed E-state index contributed by atoms with van der Waals surface area (Å²) in [6.07, 6.45) is 11.9. The van der Waals surface area contributed by atoms with Gasteiger partial charge in [-0.05, 0) is 50.8 Å². The minimum atomic E-state index is 0.276. The van der Waals surface area contributed by atoms with Crippen LogP contribution in [-0.2, 0) is 4.74 Å². The van der Waals surface area contributed by atoms with Crippen molar-refractivity contribution in [3.63, 3.8) is 0 Å². The molecule has 2 heterocycles. The van der Waals surface area contributed by atoms with Gasteiger partial charge in [-0.3, -0.25) is 15.0 Å². The third-order valence-corrected chi connectivity index (χ3v) is 5.37. The van der Waals surface area contributed by atoms with Crippen LogP contribution in [0.4, 0.5) is 5.69 Å². The molecule has 5 heteroatoms. The number of ether oxygens (including phenoxy) is 1. The van der Waals surface area contributed by atoms with Gasteiger partial charge >= 0.3 is 0 Å². The topological polar surface area (TPSA) is 58.9 Å². The molecule has 0 saturated heterocycles. The maximum Gasteiger partial charge on any atom is 0.0889 e. The van der Waals surface area contributed by atoms with E-state index in [1.54, 1.807) is 0 Å². The van der Waals surface area contributed by atoms with Gasteiger partial charge in [0.15, 0.2) is 0 Å². The van der Waals surface area contributed by atoms with Gasteiger partial charge in [0.1, 0.15) is 0 Å². The van der Waals surface area contributed by atoms with Crippen molar-refractivity contribution in [1.82, 2.24) is 4.98 Å². The second-order valence-electron chi connectivity index (χ2n) is 7.84. The first-order chi connectivity index (χ1) is 13.7. The van der Waals surface area contributed by atoms with E-state index >= 15 is 0 Å². The van der Waals surface area contributed by atoms with Gasteiger partial charge in [0.2, 0.25) is 0 Å². The Kier molecular flexibility index (Phi) is 7.78. The summed E-state index contributed by atoms with van der Waals surface area (Å²) in [7, 11) is 0. The highest BCUT2D eigenvalue weighted by Gasteiger charge is 2.26. The molecule has 0 radical (unpaired) electrons. The number of pyridine rings is 1. The van der Waals surface area contributed by atoms with Crippen LogP contribution in [0, 0.1) is 5.92 Å². The lowest BCUT2D eigenvalue weighted by Gasteiger charge is -2.31. The quantitative estimate of drug-likeness (QED) is 0.657. The Morgan fingerprint density at radius 1 is 1.32 bits per heavy atom. The zero-order valence-electron chi connectivity index (χ0n) is 17.5. The average Bonchev–Trinajstić information content (AvgIpc) is 2.72.